The van der Waals surface area contributed by atoms with Crippen molar-refractivity contribution in [2.75, 3.05) is 25.1 Å². The van der Waals surface area contributed by atoms with Crippen LogP contribution in [0.1, 0.15) is 22.8 Å². The van der Waals surface area contributed by atoms with Crippen LogP contribution in [0, 0.1) is 0 Å². The number of amides is 2. The van der Waals surface area contributed by atoms with Crippen molar-refractivity contribution >= 4 is 17.5 Å². The van der Waals surface area contributed by atoms with Crippen molar-refractivity contribution in [3.05, 3.63) is 53.6 Å². The fraction of sp³-hybridized carbons (Fsp3) is 0.263. The molecule has 2 aromatic rings. The Bertz CT molecular complexity index is 771. The second-order valence-electron chi connectivity index (χ2n) is 5.74. The SMILES string of the molecule is CC(=O)Nc1ccc(C(=O)NCCc2ccc3c(c2)OCCO3)cc1. The maximum Gasteiger partial charge on any atom is 0.251 e. The third-order valence-electron chi connectivity index (χ3n) is 3.77. The maximum atomic E-state index is 12.2. The maximum absolute atomic E-state index is 12.2. The summed E-state index contributed by atoms with van der Waals surface area (Å²) in [5, 5.41) is 5.56. The summed E-state index contributed by atoms with van der Waals surface area (Å²) in [5.41, 5.74) is 2.29. The number of ether oxygens (including phenoxy) is 2. The van der Waals surface area contributed by atoms with Gasteiger partial charge in [0.15, 0.2) is 11.5 Å². The van der Waals surface area contributed by atoms with Gasteiger partial charge in [-0.25, -0.2) is 0 Å². The zero-order chi connectivity index (χ0) is 17.6. The highest BCUT2D eigenvalue weighted by Gasteiger charge is 2.12. The Balaban J connectivity index is 1.51. The summed E-state index contributed by atoms with van der Waals surface area (Å²) >= 11 is 0. The molecule has 2 amide bonds. The number of hydrogen-bond acceptors (Lipinski definition) is 4. The number of benzene rings is 2. The Kier molecular flexibility index (Phi) is 5.18. The minimum atomic E-state index is -0.146. The number of rotatable bonds is 5. The van der Waals surface area contributed by atoms with E-state index in [9.17, 15) is 9.59 Å². The molecule has 0 fully saturated rings. The molecule has 0 unspecified atom stereocenters. The van der Waals surface area contributed by atoms with E-state index < -0.39 is 0 Å². The largest absolute Gasteiger partial charge is 0.486 e. The molecule has 1 heterocycles. The van der Waals surface area contributed by atoms with Crippen molar-refractivity contribution in [2.24, 2.45) is 0 Å². The highest BCUT2D eigenvalue weighted by molar-refractivity contribution is 5.95. The van der Waals surface area contributed by atoms with Gasteiger partial charge in [-0.1, -0.05) is 6.07 Å². The monoisotopic (exact) mass is 340 g/mol. The molecule has 2 N–H and O–H groups in total. The number of hydrogen-bond donors (Lipinski definition) is 2. The lowest BCUT2D eigenvalue weighted by molar-refractivity contribution is -0.114. The van der Waals surface area contributed by atoms with Gasteiger partial charge < -0.3 is 20.1 Å². The molecule has 0 radical (unpaired) electrons. The van der Waals surface area contributed by atoms with Crippen LogP contribution in [0.4, 0.5) is 5.69 Å². The molecule has 0 saturated carbocycles. The fourth-order valence-electron chi connectivity index (χ4n) is 2.57. The molecule has 0 atom stereocenters. The van der Waals surface area contributed by atoms with E-state index in [2.05, 4.69) is 10.6 Å². The molecule has 1 aliphatic rings. The molecule has 3 rings (SSSR count). The summed E-state index contributed by atoms with van der Waals surface area (Å²) < 4.78 is 11.0. The average Bonchev–Trinajstić information content (AvgIpc) is 2.61. The van der Waals surface area contributed by atoms with Crippen LogP contribution in [0.3, 0.4) is 0 Å². The molecule has 0 aromatic heterocycles. The van der Waals surface area contributed by atoms with Crippen LogP contribution < -0.4 is 20.1 Å². The Morgan fingerprint density at radius 1 is 1.00 bits per heavy atom. The van der Waals surface area contributed by atoms with Crippen molar-refractivity contribution in [1.29, 1.82) is 0 Å². The molecule has 6 nitrogen and oxygen atoms in total. The first-order chi connectivity index (χ1) is 12.1. The van der Waals surface area contributed by atoms with Crippen molar-refractivity contribution in [3.8, 4) is 11.5 Å². The number of carbonyl (C=O) groups excluding carboxylic acids is 2. The predicted molar refractivity (Wildman–Crippen MR) is 94.2 cm³/mol. The number of carbonyl (C=O) groups is 2. The Morgan fingerprint density at radius 2 is 1.72 bits per heavy atom. The number of fused-ring (bicyclic) bond motifs is 1. The lowest BCUT2D eigenvalue weighted by Crippen LogP contribution is -2.25. The minimum Gasteiger partial charge on any atom is -0.486 e. The van der Waals surface area contributed by atoms with Gasteiger partial charge >= 0.3 is 0 Å². The first-order valence-corrected chi connectivity index (χ1v) is 8.16. The molecule has 25 heavy (non-hydrogen) atoms. The summed E-state index contributed by atoms with van der Waals surface area (Å²) in [6, 6.07) is 12.6. The first-order valence-electron chi connectivity index (χ1n) is 8.16. The van der Waals surface area contributed by atoms with Gasteiger partial charge in [0.05, 0.1) is 0 Å². The second-order valence-corrected chi connectivity index (χ2v) is 5.74. The molecule has 1 aliphatic heterocycles. The molecule has 0 spiro atoms. The van der Waals surface area contributed by atoms with E-state index in [1.807, 2.05) is 18.2 Å². The van der Waals surface area contributed by atoms with Crippen LogP contribution in [-0.4, -0.2) is 31.6 Å². The molecule has 0 aliphatic carbocycles. The molecule has 130 valence electrons. The molecular formula is C19H20N2O4. The lowest BCUT2D eigenvalue weighted by Gasteiger charge is -2.18. The Labute approximate surface area is 146 Å². The van der Waals surface area contributed by atoms with Crippen LogP contribution in [0.5, 0.6) is 11.5 Å². The zero-order valence-electron chi connectivity index (χ0n) is 14.0. The normalized spacial score (nSPS) is 12.4. The quantitative estimate of drug-likeness (QED) is 0.876. The van der Waals surface area contributed by atoms with Crippen LogP contribution in [0.25, 0.3) is 0 Å². The minimum absolute atomic E-state index is 0.142. The highest BCUT2D eigenvalue weighted by atomic mass is 16.6. The van der Waals surface area contributed by atoms with E-state index in [0.29, 0.717) is 37.4 Å². The Morgan fingerprint density at radius 3 is 2.44 bits per heavy atom. The van der Waals surface area contributed by atoms with Crippen LogP contribution in [0.15, 0.2) is 42.5 Å². The lowest BCUT2D eigenvalue weighted by atomic mass is 10.1. The summed E-state index contributed by atoms with van der Waals surface area (Å²) in [6.07, 6.45) is 0.701. The molecular weight excluding hydrogens is 320 g/mol. The predicted octanol–water partition coefficient (Wildman–Crippen LogP) is 2.39. The van der Waals surface area contributed by atoms with E-state index in [1.54, 1.807) is 24.3 Å². The number of anilines is 1. The van der Waals surface area contributed by atoms with Crippen molar-refractivity contribution in [3.63, 3.8) is 0 Å². The number of nitrogens with one attached hydrogen (secondary N) is 2. The summed E-state index contributed by atoms with van der Waals surface area (Å²) in [6.45, 7) is 3.09. The standard InChI is InChI=1S/C19H20N2O4/c1-13(22)21-16-5-3-15(4-6-16)19(23)20-9-8-14-2-7-17-18(12-14)25-11-10-24-17/h2-7,12H,8-11H2,1H3,(H,20,23)(H,21,22). The fourth-order valence-corrected chi connectivity index (χ4v) is 2.57. The third kappa shape index (κ3) is 4.50. The van der Waals surface area contributed by atoms with E-state index >= 15 is 0 Å². The smallest absolute Gasteiger partial charge is 0.251 e. The van der Waals surface area contributed by atoms with Crippen LogP contribution in [-0.2, 0) is 11.2 Å². The Hall–Kier alpha value is -3.02. The van der Waals surface area contributed by atoms with E-state index in [1.165, 1.54) is 6.92 Å². The van der Waals surface area contributed by atoms with Gasteiger partial charge in [0, 0.05) is 24.7 Å². The van der Waals surface area contributed by atoms with E-state index in [-0.39, 0.29) is 11.8 Å². The summed E-state index contributed by atoms with van der Waals surface area (Å²) in [7, 11) is 0. The van der Waals surface area contributed by atoms with Gasteiger partial charge in [0.1, 0.15) is 13.2 Å². The summed E-state index contributed by atoms with van der Waals surface area (Å²) in [4.78, 5) is 23.1. The van der Waals surface area contributed by atoms with Crippen LogP contribution in [0.2, 0.25) is 0 Å². The molecule has 0 saturated heterocycles. The first kappa shape index (κ1) is 16.8. The molecule has 2 aromatic carbocycles. The summed E-state index contributed by atoms with van der Waals surface area (Å²) in [5.74, 6) is 1.23. The zero-order valence-corrected chi connectivity index (χ0v) is 14.0. The van der Waals surface area contributed by atoms with Gasteiger partial charge in [-0.15, -0.1) is 0 Å². The second kappa shape index (κ2) is 7.70. The van der Waals surface area contributed by atoms with Crippen molar-refractivity contribution in [1.82, 2.24) is 5.32 Å². The van der Waals surface area contributed by atoms with Crippen molar-refractivity contribution < 1.29 is 19.1 Å². The van der Waals surface area contributed by atoms with Gasteiger partial charge in [-0.05, 0) is 48.4 Å². The molecule has 0 bridgehead atoms. The van der Waals surface area contributed by atoms with Crippen molar-refractivity contribution in [2.45, 2.75) is 13.3 Å². The van der Waals surface area contributed by atoms with Gasteiger partial charge in [-0.3, -0.25) is 9.59 Å². The average molecular weight is 340 g/mol. The van der Waals surface area contributed by atoms with Crippen LogP contribution >= 0.6 is 0 Å². The van der Waals surface area contributed by atoms with Gasteiger partial charge in [0.2, 0.25) is 5.91 Å². The van der Waals surface area contributed by atoms with E-state index in [0.717, 1.165) is 17.1 Å². The van der Waals surface area contributed by atoms with Gasteiger partial charge in [-0.2, -0.15) is 0 Å². The topological polar surface area (TPSA) is 76.7 Å². The van der Waals surface area contributed by atoms with E-state index in [4.69, 9.17) is 9.47 Å². The highest BCUT2D eigenvalue weighted by Crippen LogP contribution is 2.30. The third-order valence-corrected chi connectivity index (χ3v) is 3.77. The van der Waals surface area contributed by atoms with Gasteiger partial charge in [0.25, 0.3) is 5.91 Å². The molecule has 6 heteroatoms.